The highest BCUT2D eigenvalue weighted by Crippen LogP contribution is 2.26. The molecule has 1 saturated carbocycles. The van der Waals surface area contributed by atoms with Crippen LogP contribution in [-0.4, -0.2) is 23.4 Å². The average Bonchev–Trinajstić information content (AvgIpc) is 2.92. The van der Waals surface area contributed by atoms with E-state index in [1.807, 2.05) is 13.0 Å². The zero-order valence-electron chi connectivity index (χ0n) is 11.0. The molecule has 0 bridgehead atoms. The van der Waals surface area contributed by atoms with Crippen molar-refractivity contribution in [3.8, 4) is 6.07 Å². The monoisotopic (exact) mass is 276 g/mol. The van der Waals surface area contributed by atoms with Crippen LogP contribution in [0, 0.1) is 18.3 Å². The highest BCUT2D eigenvalue weighted by molar-refractivity contribution is 6.31. The van der Waals surface area contributed by atoms with Gasteiger partial charge < -0.3 is 4.90 Å². The molecular formula is C15H17ClN2O. The Hall–Kier alpha value is -1.53. The zero-order valence-corrected chi connectivity index (χ0v) is 11.8. The van der Waals surface area contributed by atoms with E-state index >= 15 is 0 Å². The molecule has 19 heavy (non-hydrogen) atoms. The highest BCUT2D eigenvalue weighted by atomic mass is 35.5. The maximum absolute atomic E-state index is 12.6. The minimum atomic E-state index is -0.0755. The second-order valence-electron chi connectivity index (χ2n) is 4.99. The standard InChI is InChI=1S/C15H17ClN2O/c1-11-6-7-12(16)10-14(11)15(19)18(9-8-17)13-4-2-3-5-13/h6-7,10,13H,2-5,9H2,1H3. The van der Waals surface area contributed by atoms with Gasteiger partial charge in [-0.1, -0.05) is 30.5 Å². The van der Waals surface area contributed by atoms with Crippen LogP contribution in [0.4, 0.5) is 0 Å². The third-order valence-electron chi connectivity index (χ3n) is 3.70. The Bertz CT molecular complexity index is 515. The van der Waals surface area contributed by atoms with Crippen LogP contribution in [0.3, 0.4) is 0 Å². The van der Waals surface area contributed by atoms with Crippen LogP contribution in [0.1, 0.15) is 41.6 Å². The molecule has 1 amide bonds. The number of benzene rings is 1. The lowest BCUT2D eigenvalue weighted by Crippen LogP contribution is -2.39. The topological polar surface area (TPSA) is 44.1 Å². The van der Waals surface area contributed by atoms with Gasteiger partial charge in [-0.3, -0.25) is 4.79 Å². The largest absolute Gasteiger partial charge is 0.322 e. The molecule has 1 aliphatic rings. The predicted octanol–water partition coefficient (Wildman–Crippen LogP) is 3.56. The van der Waals surface area contributed by atoms with Crippen molar-refractivity contribution in [3.63, 3.8) is 0 Å². The molecule has 0 aliphatic heterocycles. The normalized spacial score (nSPS) is 15.2. The number of rotatable bonds is 3. The Morgan fingerprint density at radius 3 is 2.79 bits per heavy atom. The van der Waals surface area contributed by atoms with Crippen LogP contribution in [0.2, 0.25) is 5.02 Å². The Morgan fingerprint density at radius 1 is 1.47 bits per heavy atom. The Labute approximate surface area is 118 Å². The maximum Gasteiger partial charge on any atom is 0.255 e. The van der Waals surface area contributed by atoms with Crippen LogP contribution >= 0.6 is 11.6 Å². The summed E-state index contributed by atoms with van der Waals surface area (Å²) in [6.45, 7) is 2.04. The molecule has 0 atom stereocenters. The van der Waals surface area contributed by atoms with E-state index in [9.17, 15) is 4.79 Å². The van der Waals surface area contributed by atoms with Gasteiger partial charge in [0.2, 0.25) is 0 Å². The minimum absolute atomic E-state index is 0.0755. The molecule has 100 valence electrons. The second-order valence-corrected chi connectivity index (χ2v) is 5.43. The molecule has 0 radical (unpaired) electrons. The number of halogens is 1. The number of hydrogen-bond donors (Lipinski definition) is 0. The molecule has 0 heterocycles. The van der Waals surface area contributed by atoms with Gasteiger partial charge in [0.15, 0.2) is 0 Å². The van der Waals surface area contributed by atoms with Gasteiger partial charge in [-0.25, -0.2) is 0 Å². The second kappa shape index (κ2) is 6.08. The highest BCUT2D eigenvalue weighted by Gasteiger charge is 2.27. The van der Waals surface area contributed by atoms with Gasteiger partial charge in [0.25, 0.3) is 5.91 Å². The van der Waals surface area contributed by atoms with E-state index in [0.29, 0.717) is 10.6 Å². The van der Waals surface area contributed by atoms with Gasteiger partial charge >= 0.3 is 0 Å². The van der Waals surface area contributed by atoms with Crippen molar-refractivity contribution in [3.05, 3.63) is 34.3 Å². The zero-order chi connectivity index (χ0) is 13.8. The lowest BCUT2D eigenvalue weighted by molar-refractivity contribution is 0.0708. The molecule has 1 aliphatic carbocycles. The molecule has 0 unspecified atom stereocenters. The van der Waals surface area contributed by atoms with Crippen molar-refractivity contribution in [2.24, 2.45) is 0 Å². The number of nitrogens with zero attached hydrogens (tertiary/aromatic N) is 2. The molecule has 1 fully saturated rings. The third-order valence-corrected chi connectivity index (χ3v) is 3.93. The van der Waals surface area contributed by atoms with E-state index in [1.54, 1.807) is 17.0 Å². The third kappa shape index (κ3) is 3.08. The van der Waals surface area contributed by atoms with E-state index in [1.165, 1.54) is 0 Å². The maximum atomic E-state index is 12.6. The number of hydrogen-bond acceptors (Lipinski definition) is 2. The van der Waals surface area contributed by atoms with Crippen molar-refractivity contribution < 1.29 is 4.79 Å². The number of nitriles is 1. The Kier molecular flexibility index (Phi) is 4.44. The quantitative estimate of drug-likeness (QED) is 0.793. The first-order chi connectivity index (χ1) is 9.13. The summed E-state index contributed by atoms with van der Waals surface area (Å²) in [6.07, 6.45) is 4.25. The van der Waals surface area contributed by atoms with Crippen molar-refractivity contribution in [2.75, 3.05) is 6.54 Å². The Balaban J connectivity index is 2.28. The van der Waals surface area contributed by atoms with Gasteiger partial charge in [-0.15, -0.1) is 0 Å². The molecule has 1 aromatic rings. The summed E-state index contributed by atoms with van der Waals surface area (Å²) in [6, 6.07) is 7.61. The van der Waals surface area contributed by atoms with E-state index < -0.39 is 0 Å². The van der Waals surface area contributed by atoms with Crippen LogP contribution in [0.5, 0.6) is 0 Å². The first-order valence-electron chi connectivity index (χ1n) is 6.57. The smallest absolute Gasteiger partial charge is 0.255 e. The summed E-state index contributed by atoms with van der Waals surface area (Å²) in [5.41, 5.74) is 1.50. The van der Waals surface area contributed by atoms with Crippen LogP contribution in [0.25, 0.3) is 0 Å². The summed E-state index contributed by atoms with van der Waals surface area (Å²) < 4.78 is 0. The fourth-order valence-electron chi connectivity index (χ4n) is 2.64. The summed E-state index contributed by atoms with van der Waals surface area (Å²) in [5, 5.41) is 9.50. The molecule has 0 N–H and O–H groups in total. The SMILES string of the molecule is Cc1ccc(Cl)cc1C(=O)N(CC#N)C1CCCC1. The predicted molar refractivity (Wildman–Crippen MR) is 75.1 cm³/mol. The summed E-state index contributed by atoms with van der Waals surface area (Å²) in [4.78, 5) is 14.3. The van der Waals surface area contributed by atoms with Crippen LogP contribution in [-0.2, 0) is 0 Å². The van der Waals surface area contributed by atoms with Gasteiger partial charge in [0, 0.05) is 16.6 Å². The molecule has 0 saturated heterocycles. The van der Waals surface area contributed by atoms with Gasteiger partial charge in [0.1, 0.15) is 6.54 Å². The molecule has 1 aromatic carbocycles. The van der Waals surface area contributed by atoms with Crippen molar-refractivity contribution in [1.29, 1.82) is 5.26 Å². The molecule has 2 rings (SSSR count). The molecular weight excluding hydrogens is 260 g/mol. The fraction of sp³-hybridized carbons (Fsp3) is 0.467. The fourth-order valence-corrected chi connectivity index (χ4v) is 2.81. The van der Waals surface area contributed by atoms with Gasteiger partial charge in [-0.05, 0) is 37.5 Å². The van der Waals surface area contributed by atoms with E-state index in [4.69, 9.17) is 16.9 Å². The van der Waals surface area contributed by atoms with E-state index in [2.05, 4.69) is 6.07 Å². The van der Waals surface area contributed by atoms with Crippen LogP contribution < -0.4 is 0 Å². The van der Waals surface area contributed by atoms with E-state index in [-0.39, 0.29) is 18.5 Å². The minimum Gasteiger partial charge on any atom is -0.322 e. The van der Waals surface area contributed by atoms with Crippen molar-refractivity contribution in [1.82, 2.24) is 4.90 Å². The summed E-state index contributed by atoms with van der Waals surface area (Å²) in [5.74, 6) is -0.0755. The van der Waals surface area contributed by atoms with Crippen molar-refractivity contribution in [2.45, 2.75) is 38.6 Å². The average molecular weight is 277 g/mol. The summed E-state index contributed by atoms with van der Waals surface area (Å²) in [7, 11) is 0. The first kappa shape index (κ1) is 13.9. The van der Waals surface area contributed by atoms with Gasteiger partial charge in [0.05, 0.1) is 6.07 Å². The molecule has 0 spiro atoms. The lowest BCUT2D eigenvalue weighted by atomic mass is 10.1. The van der Waals surface area contributed by atoms with Crippen molar-refractivity contribution >= 4 is 17.5 Å². The van der Waals surface area contributed by atoms with Gasteiger partial charge in [-0.2, -0.15) is 5.26 Å². The number of aryl methyl sites for hydroxylation is 1. The lowest BCUT2D eigenvalue weighted by Gasteiger charge is -2.27. The number of carbonyl (C=O) groups is 1. The Morgan fingerprint density at radius 2 is 2.16 bits per heavy atom. The molecule has 0 aromatic heterocycles. The number of carbonyl (C=O) groups excluding carboxylic acids is 1. The number of amides is 1. The molecule has 3 nitrogen and oxygen atoms in total. The van der Waals surface area contributed by atoms with Crippen LogP contribution in [0.15, 0.2) is 18.2 Å². The van der Waals surface area contributed by atoms with E-state index in [0.717, 1.165) is 31.2 Å². The molecule has 4 heteroatoms. The summed E-state index contributed by atoms with van der Waals surface area (Å²) >= 11 is 5.97. The first-order valence-corrected chi connectivity index (χ1v) is 6.95.